The van der Waals surface area contributed by atoms with E-state index in [0.29, 0.717) is 48.1 Å². The fraction of sp³-hybridized carbons (Fsp3) is 0.560. The highest BCUT2D eigenvalue weighted by Crippen LogP contribution is 2.39. The minimum Gasteiger partial charge on any atom is -0.362 e. The fourth-order valence-corrected chi connectivity index (χ4v) is 5.16. The highest BCUT2D eigenvalue weighted by atomic mass is 32.1. The largest absolute Gasteiger partial charge is 0.416 e. The van der Waals surface area contributed by atoms with Gasteiger partial charge in [0.15, 0.2) is 0 Å². The van der Waals surface area contributed by atoms with Crippen molar-refractivity contribution in [2.24, 2.45) is 0 Å². The molecule has 1 aromatic heterocycles. The van der Waals surface area contributed by atoms with Crippen molar-refractivity contribution in [3.8, 4) is 0 Å². The molecule has 0 bridgehead atoms. The molecule has 0 saturated heterocycles. The Morgan fingerprint density at radius 3 is 2.03 bits per heavy atom. The van der Waals surface area contributed by atoms with Crippen LogP contribution in [0, 0.1) is 0 Å². The molecule has 2 N–H and O–H groups in total. The molecule has 2 aliphatic rings. The molecule has 7 nitrogen and oxygen atoms in total. The van der Waals surface area contributed by atoms with Crippen LogP contribution in [-0.2, 0) is 25.2 Å². The van der Waals surface area contributed by atoms with Crippen LogP contribution < -0.4 is 19.8 Å². The summed E-state index contributed by atoms with van der Waals surface area (Å²) in [5, 5.41) is 6.05. The van der Waals surface area contributed by atoms with Gasteiger partial charge in [0.1, 0.15) is 5.82 Å². The van der Waals surface area contributed by atoms with Gasteiger partial charge in [-0.15, -0.1) is 0 Å². The van der Waals surface area contributed by atoms with Crippen molar-refractivity contribution in [3.05, 3.63) is 40.6 Å². The van der Waals surface area contributed by atoms with Crippen LogP contribution in [0.1, 0.15) is 60.9 Å². The Bertz CT molecular complexity index is 1160. The van der Waals surface area contributed by atoms with Crippen molar-refractivity contribution in [1.82, 2.24) is 15.3 Å². The Morgan fingerprint density at radius 1 is 0.897 bits per heavy atom. The normalized spacial score (nSPS) is 19.7. The molecule has 0 atom stereocenters. The van der Waals surface area contributed by atoms with E-state index in [-0.39, 0.29) is 18.2 Å². The van der Waals surface area contributed by atoms with Crippen molar-refractivity contribution in [3.63, 3.8) is 0 Å². The standard InChI is InChI=1S/C25H30F6N6OS/c1-36(2)21-19-5-3-4-6-20(19)34-22(35-21)32-16-7-9-17(10-8-16)33-23(38)37(39)18-12-14(24(26,27)28)11-15(13-18)25(29,30)31/h11-13,16-17,39H,3-10H2,1-2H3,(H,33,38)(H,32,34,35). The number of thiol groups is 1. The lowest BCUT2D eigenvalue weighted by molar-refractivity contribution is -0.143. The van der Waals surface area contributed by atoms with E-state index in [1.165, 1.54) is 5.56 Å². The first-order valence-electron chi connectivity index (χ1n) is 12.6. The third-order valence-electron chi connectivity index (χ3n) is 6.98. The van der Waals surface area contributed by atoms with Crippen molar-refractivity contribution < 1.29 is 31.1 Å². The zero-order valence-corrected chi connectivity index (χ0v) is 22.4. The van der Waals surface area contributed by atoms with Crippen LogP contribution in [0.2, 0.25) is 0 Å². The summed E-state index contributed by atoms with van der Waals surface area (Å²) in [5.74, 6) is 1.46. The number of nitrogens with zero attached hydrogens (tertiary/aromatic N) is 4. The van der Waals surface area contributed by atoms with Crippen LogP contribution in [0.5, 0.6) is 0 Å². The molecule has 39 heavy (non-hydrogen) atoms. The average Bonchev–Trinajstić information content (AvgIpc) is 2.87. The van der Waals surface area contributed by atoms with E-state index in [2.05, 4.69) is 23.4 Å². The monoisotopic (exact) mass is 576 g/mol. The lowest BCUT2D eigenvalue weighted by Gasteiger charge is -2.31. The topological polar surface area (TPSA) is 73.4 Å². The first-order valence-corrected chi connectivity index (χ1v) is 13.0. The summed E-state index contributed by atoms with van der Waals surface area (Å²) in [6.45, 7) is 0. The maximum Gasteiger partial charge on any atom is 0.416 e. The summed E-state index contributed by atoms with van der Waals surface area (Å²) >= 11 is 3.90. The zero-order valence-electron chi connectivity index (χ0n) is 21.5. The van der Waals surface area contributed by atoms with Crippen LogP contribution in [0.25, 0.3) is 0 Å². The molecule has 1 aromatic carbocycles. The van der Waals surface area contributed by atoms with E-state index >= 15 is 0 Å². The Kier molecular flexibility index (Phi) is 8.43. The number of carbonyl (C=O) groups is 1. The summed E-state index contributed by atoms with van der Waals surface area (Å²) in [6.07, 6.45) is -3.57. The fourth-order valence-electron chi connectivity index (χ4n) is 4.99. The van der Waals surface area contributed by atoms with E-state index in [0.717, 1.165) is 37.2 Å². The van der Waals surface area contributed by atoms with Gasteiger partial charge in [-0.25, -0.2) is 14.1 Å². The van der Waals surface area contributed by atoms with Crippen molar-refractivity contribution in [2.45, 2.75) is 75.8 Å². The third kappa shape index (κ3) is 7.00. The smallest absolute Gasteiger partial charge is 0.362 e. The highest BCUT2D eigenvalue weighted by Gasteiger charge is 2.38. The number of alkyl halides is 6. The number of urea groups is 1. The molecule has 0 radical (unpaired) electrons. The van der Waals surface area contributed by atoms with Gasteiger partial charge in [0, 0.05) is 31.7 Å². The van der Waals surface area contributed by atoms with Gasteiger partial charge in [-0.1, -0.05) is 12.8 Å². The van der Waals surface area contributed by atoms with Crippen molar-refractivity contribution in [2.75, 3.05) is 28.6 Å². The van der Waals surface area contributed by atoms with Gasteiger partial charge in [-0.05, 0) is 69.6 Å². The number of halogens is 6. The van der Waals surface area contributed by atoms with Crippen LogP contribution in [-0.4, -0.2) is 42.2 Å². The molecule has 1 fully saturated rings. The minimum absolute atomic E-state index is 0.00502. The first-order chi connectivity index (χ1) is 18.2. The number of rotatable bonds is 5. The predicted octanol–water partition coefficient (Wildman–Crippen LogP) is 6.24. The quantitative estimate of drug-likeness (QED) is 0.290. The molecule has 1 saturated carbocycles. The van der Waals surface area contributed by atoms with Crippen molar-refractivity contribution >= 4 is 36.3 Å². The van der Waals surface area contributed by atoms with E-state index in [1.807, 2.05) is 19.0 Å². The summed E-state index contributed by atoms with van der Waals surface area (Å²) in [4.78, 5) is 24.1. The maximum atomic E-state index is 13.2. The number of hydrogen-bond acceptors (Lipinski definition) is 6. The number of nitrogens with one attached hydrogen (secondary N) is 2. The second kappa shape index (κ2) is 11.3. The second-order valence-corrected chi connectivity index (χ2v) is 10.5. The number of hydrogen-bond donors (Lipinski definition) is 3. The molecule has 0 unspecified atom stereocenters. The van der Waals surface area contributed by atoms with Gasteiger partial charge in [-0.3, -0.25) is 0 Å². The number of carbonyl (C=O) groups excluding carboxylic acids is 1. The molecule has 4 rings (SSSR count). The number of benzene rings is 1. The number of aromatic nitrogens is 2. The molecule has 2 amide bonds. The lowest BCUT2D eigenvalue weighted by atomic mass is 9.91. The molecule has 14 heteroatoms. The SMILES string of the molecule is CN(C)c1nc(NC2CCC(NC(=O)N(S)c3cc(C(F)(F)F)cc(C(F)(F)F)c3)CC2)nc2c1CCCC2. The van der Waals surface area contributed by atoms with Gasteiger partial charge in [0.25, 0.3) is 0 Å². The Morgan fingerprint density at radius 2 is 1.46 bits per heavy atom. The summed E-state index contributed by atoms with van der Waals surface area (Å²) in [5.41, 5.74) is -1.43. The van der Waals surface area contributed by atoms with Gasteiger partial charge < -0.3 is 15.5 Å². The first kappa shape index (κ1) is 29.1. The lowest BCUT2D eigenvalue weighted by Crippen LogP contribution is -2.44. The molecular formula is C25H30F6N6OS. The molecule has 1 heterocycles. The number of fused-ring (bicyclic) bond motifs is 1. The molecular weight excluding hydrogens is 546 g/mol. The van der Waals surface area contributed by atoms with E-state index in [9.17, 15) is 31.1 Å². The number of anilines is 3. The van der Waals surface area contributed by atoms with Crippen LogP contribution in [0.3, 0.4) is 0 Å². The van der Waals surface area contributed by atoms with Crippen LogP contribution in [0.15, 0.2) is 18.2 Å². The minimum atomic E-state index is -5.03. The number of aryl methyl sites for hydroxylation is 1. The second-order valence-electron chi connectivity index (χ2n) is 10.1. The molecule has 0 spiro atoms. The van der Waals surface area contributed by atoms with E-state index < -0.39 is 35.2 Å². The maximum absolute atomic E-state index is 13.2. The van der Waals surface area contributed by atoms with E-state index in [1.54, 1.807) is 0 Å². The van der Waals surface area contributed by atoms with Gasteiger partial charge in [0.2, 0.25) is 5.95 Å². The highest BCUT2D eigenvalue weighted by molar-refractivity contribution is 7.82. The van der Waals surface area contributed by atoms with Gasteiger partial charge in [-0.2, -0.15) is 31.3 Å². The molecule has 214 valence electrons. The number of amides is 2. The molecule has 0 aliphatic heterocycles. The van der Waals surface area contributed by atoms with Crippen LogP contribution >= 0.6 is 12.8 Å². The Hall–Kier alpha value is -2.90. The van der Waals surface area contributed by atoms with Gasteiger partial charge in [0.05, 0.1) is 22.5 Å². The molecule has 2 aliphatic carbocycles. The van der Waals surface area contributed by atoms with Crippen LogP contribution in [0.4, 0.5) is 48.6 Å². The Labute approximate surface area is 227 Å². The van der Waals surface area contributed by atoms with Crippen molar-refractivity contribution in [1.29, 1.82) is 0 Å². The zero-order chi connectivity index (χ0) is 28.5. The summed E-state index contributed by atoms with van der Waals surface area (Å²) in [6, 6.07) is -0.243. The third-order valence-corrected chi connectivity index (χ3v) is 7.39. The predicted molar refractivity (Wildman–Crippen MR) is 139 cm³/mol. The van der Waals surface area contributed by atoms with Gasteiger partial charge >= 0.3 is 18.4 Å². The summed E-state index contributed by atoms with van der Waals surface area (Å²) in [7, 11) is 3.89. The molecule has 2 aromatic rings. The Balaban J connectivity index is 1.38. The van der Waals surface area contributed by atoms with E-state index in [4.69, 9.17) is 9.97 Å². The average molecular weight is 577 g/mol. The summed E-state index contributed by atoms with van der Waals surface area (Å²) < 4.78 is 79.6.